The van der Waals surface area contributed by atoms with Crippen LogP contribution in [0.4, 0.5) is 0 Å². The summed E-state index contributed by atoms with van der Waals surface area (Å²) in [5, 5.41) is 13.9. The minimum absolute atomic E-state index is 0.134. The molecule has 166 valence electrons. The molecule has 0 fully saturated rings. The monoisotopic (exact) mass is 448 g/mol. The molecule has 0 radical (unpaired) electrons. The highest BCUT2D eigenvalue weighted by molar-refractivity contribution is 7.99. The van der Waals surface area contributed by atoms with Gasteiger partial charge >= 0.3 is 0 Å². The predicted octanol–water partition coefficient (Wildman–Crippen LogP) is 5.43. The Morgan fingerprint density at radius 1 is 0.969 bits per heavy atom. The van der Waals surface area contributed by atoms with E-state index in [9.17, 15) is 0 Å². The molecule has 1 aromatic carbocycles. The van der Waals surface area contributed by atoms with Gasteiger partial charge in [-0.05, 0) is 36.5 Å². The Bertz CT molecular complexity index is 1150. The molecule has 32 heavy (non-hydrogen) atoms. The fourth-order valence-corrected chi connectivity index (χ4v) is 4.32. The molecule has 0 saturated heterocycles. The Hall–Kier alpha value is -3.00. The van der Waals surface area contributed by atoms with Crippen LogP contribution in [0.3, 0.4) is 0 Å². The number of pyridine rings is 1. The molecule has 0 N–H and O–H groups in total. The van der Waals surface area contributed by atoms with Gasteiger partial charge in [0.25, 0.3) is 0 Å². The van der Waals surface area contributed by atoms with E-state index in [1.807, 2.05) is 12.1 Å². The van der Waals surface area contributed by atoms with Crippen LogP contribution >= 0.6 is 11.8 Å². The van der Waals surface area contributed by atoms with Crippen LogP contribution in [0.1, 0.15) is 45.6 Å². The van der Waals surface area contributed by atoms with Gasteiger partial charge in [0.1, 0.15) is 0 Å². The highest BCUT2D eigenvalue weighted by atomic mass is 32.2. The van der Waals surface area contributed by atoms with Crippen molar-refractivity contribution in [2.75, 3.05) is 5.75 Å². The summed E-state index contributed by atoms with van der Waals surface area (Å²) in [6, 6.07) is 12.4. The van der Waals surface area contributed by atoms with Crippen molar-refractivity contribution in [3.05, 3.63) is 60.2 Å². The molecular weight excluding hydrogens is 420 g/mol. The first-order valence-electron chi connectivity index (χ1n) is 10.9. The number of hydrogen-bond acceptors (Lipinski definition) is 7. The van der Waals surface area contributed by atoms with Gasteiger partial charge in [-0.1, -0.05) is 62.0 Å². The minimum atomic E-state index is 0.134. The van der Waals surface area contributed by atoms with Crippen molar-refractivity contribution in [3.8, 4) is 22.8 Å². The number of aryl methyl sites for hydroxylation is 1. The molecule has 0 aliphatic rings. The molecule has 0 atom stereocenters. The van der Waals surface area contributed by atoms with Crippen molar-refractivity contribution in [1.82, 2.24) is 29.9 Å². The lowest BCUT2D eigenvalue weighted by Crippen LogP contribution is -2.10. The van der Waals surface area contributed by atoms with Crippen molar-refractivity contribution in [1.29, 1.82) is 0 Å². The van der Waals surface area contributed by atoms with Gasteiger partial charge in [-0.15, -0.1) is 10.2 Å². The van der Waals surface area contributed by atoms with Gasteiger partial charge < -0.3 is 9.09 Å². The number of thioether (sulfide) groups is 1. The molecule has 3 heterocycles. The Labute approximate surface area is 192 Å². The Morgan fingerprint density at radius 2 is 1.72 bits per heavy atom. The van der Waals surface area contributed by atoms with Crippen molar-refractivity contribution in [2.45, 2.75) is 57.7 Å². The summed E-state index contributed by atoms with van der Waals surface area (Å²) < 4.78 is 7.56. The normalized spacial score (nSPS) is 11.8. The maximum Gasteiger partial charge on any atom is 0.226 e. The zero-order valence-electron chi connectivity index (χ0n) is 18.9. The summed E-state index contributed by atoms with van der Waals surface area (Å²) in [4.78, 5) is 8.49. The maximum atomic E-state index is 5.39. The Kier molecular flexibility index (Phi) is 6.69. The molecule has 7 nitrogen and oxygen atoms in total. The molecule has 0 bridgehead atoms. The number of benzene rings is 1. The van der Waals surface area contributed by atoms with Gasteiger partial charge in [0, 0.05) is 42.2 Å². The first kappa shape index (κ1) is 22.2. The number of hydrogen-bond donors (Lipinski definition) is 0. The zero-order valence-corrected chi connectivity index (χ0v) is 19.8. The Morgan fingerprint density at radius 3 is 2.41 bits per heavy atom. The smallest absolute Gasteiger partial charge is 0.226 e. The lowest BCUT2D eigenvalue weighted by Gasteiger charge is -2.19. The standard InChI is InChI=1S/C24H28N6OS/c1-5-30-22(18-8-10-19(11-9-18)24(2,3)4)27-28-23(30)32-16-6-7-20-26-21(29-31-20)17-12-14-25-15-13-17/h8-15H,5-7,16H2,1-4H3. The lowest BCUT2D eigenvalue weighted by molar-refractivity contribution is 0.378. The van der Waals surface area contributed by atoms with Crippen molar-refractivity contribution in [2.24, 2.45) is 0 Å². The fraction of sp³-hybridized carbons (Fsp3) is 0.375. The molecule has 0 amide bonds. The van der Waals surface area contributed by atoms with E-state index >= 15 is 0 Å². The van der Waals surface area contributed by atoms with Gasteiger partial charge in [-0.25, -0.2) is 0 Å². The first-order chi connectivity index (χ1) is 15.5. The molecule has 3 aromatic heterocycles. The third-order valence-corrected chi connectivity index (χ3v) is 6.27. The summed E-state index contributed by atoms with van der Waals surface area (Å²) in [5.74, 6) is 3.06. The summed E-state index contributed by atoms with van der Waals surface area (Å²) in [6.07, 6.45) is 5.08. The van der Waals surface area contributed by atoms with Crippen LogP contribution in [0.5, 0.6) is 0 Å². The van der Waals surface area contributed by atoms with Crippen LogP contribution in [0.15, 0.2) is 58.5 Å². The van der Waals surface area contributed by atoms with Crippen LogP contribution in [0.25, 0.3) is 22.8 Å². The van der Waals surface area contributed by atoms with E-state index in [2.05, 4.69) is 81.8 Å². The van der Waals surface area contributed by atoms with Crippen LogP contribution in [0.2, 0.25) is 0 Å². The van der Waals surface area contributed by atoms with E-state index in [1.54, 1.807) is 24.2 Å². The average molecular weight is 449 g/mol. The molecule has 0 unspecified atom stereocenters. The first-order valence-corrected chi connectivity index (χ1v) is 11.8. The van der Waals surface area contributed by atoms with E-state index in [0.717, 1.165) is 47.2 Å². The van der Waals surface area contributed by atoms with Gasteiger partial charge in [-0.3, -0.25) is 4.98 Å². The topological polar surface area (TPSA) is 82.5 Å². The van der Waals surface area contributed by atoms with E-state index in [0.29, 0.717) is 11.7 Å². The second-order valence-corrected chi connectivity index (χ2v) is 9.64. The van der Waals surface area contributed by atoms with Gasteiger partial charge in [0.05, 0.1) is 0 Å². The van der Waals surface area contributed by atoms with E-state index in [4.69, 9.17) is 4.52 Å². The molecular formula is C24H28N6OS. The average Bonchev–Trinajstić information content (AvgIpc) is 3.44. The van der Waals surface area contributed by atoms with Gasteiger partial charge in [0.15, 0.2) is 11.0 Å². The number of nitrogens with zero attached hydrogens (tertiary/aromatic N) is 6. The summed E-state index contributed by atoms with van der Waals surface area (Å²) in [6.45, 7) is 9.61. The number of rotatable bonds is 8. The van der Waals surface area contributed by atoms with E-state index < -0.39 is 0 Å². The molecule has 8 heteroatoms. The summed E-state index contributed by atoms with van der Waals surface area (Å²) >= 11 is 1.71. The van der Waals surface area contributed by atoms with Gasteiger partial charge in [-0.2, -0.15) is 4.98 Å². The molecule has 4 rings (SSSR count). The van der Waals surface area contributed by atoms with Crippen LogP contribution in [0, 0.1) is 0 Å². The lowest BCUT2D eigenvalue weighted by atomic mass is 9.87. The van der Waals surface area contributed by atoms with E-state index in [-0.39, 0.29) is 5.41 Å². The molecule has 4 aromatic rings. The van der Waals surface area contributed by atoms with Crippen LogP contribution in [-0.4, -0.2) is 35.6 Å². The predicted molar refractivity (Wildman–Crippen MR) is 126 cm³/mol. The molecule has 0 spiro atoms. The van der Waals surface area contributed by atoms with Crippen molar-refractivity contribution < 1.29 is 4.52 Å². The third-order valence-electron chi connectivity index (χ3n) is 5.21. The van der Waals surface area contributed by atoms with E-state index in [1.165, 1.54) is 5.56 Å². The quantitative estimate of drug-likeness (QED) is 0.262. The molecule has 0 aliphatic carbocycles. The zero-order chi connectivity index (χ0) is 22.6. The highest BCUT2D eigenvalue weighted by Gasteiger charge is 2.16. The largest absolute Gasteiger partial charge is 0.339 e. The second-order valence-electron chi connectivity index (χ2n) is 8.58. The fourth-order valence-electron chi connectivity index (χ4n) is 3.37. The Balaban J connectivity index is 1.35. The minimum Gasteiger partial charge on any atom is -0.339 e. The molecule has 0 saturated carbocycles. The highest BCUT2D eigenvalue weighted by Crippen LogP contribution is 2.28. The molecule has 0 aliphatic heterocycles. The van der Waals surface area contributed by atoms with Crippen molar-refractivity contribution in [3.63, 3.8) is 0 Å². The maximum absolute atomic E-state index is 5.39. The van der Waals surface area contributed by atoms with Gasteiger partial charge in [0.2, 0.25) is 11.7 Å². The van der Waals surface area contributed by atoms with Crippen LogP contribution < -0.4 is 0 Å². The SMILES string of the molecule is CCn1c(SCCCc2nc(-c3ccncc3)no2)nnc1-c1ccc(C(C)(C)C)cc1. The van der Waals surface area contributed by atoms with Crippen LogP contribution in [-0.2, 0) is 18.4 Å². The third kappa shape index (κ3) is 5.07. The summed E-state index contributed by atoms with van der Waals surface area (Å²) in [5.41, 5.74) is 3.44. The number of aromatic nitrogens is 6. The van der Waals surface area contributed by atoms with Crippen molar-refractivity contribution >= 4 is 11.8 Å². The second kappa shape index (κ2) is 9.65. The summed E-state index contributed by atoms with van der Waals surface area (Å²) in [7, 11) is 0.